The molecule has 0 aromatic rings. The van der Waals surface area contributed by atoms with Crippen LogP contribution >= 0.6 is 0 Å². The molecule has 1 aliphatic heterocycles. The zero-order valence-electron chi connectivity index (χ0n) is 12.8. The van der Waals surface area contributed by atoms with Crippen LogP contribution in [0.5, 0.6) is 0 Å². The Labute approximate surface area is 124 Å². The van der Waals surface area contributed by atoms with Crippen molar-refractivity contribution in [3.05, 3.63) is 0 Å². The van der Waals surface area contributed by atoms with Crippen LogP contribution in [0.1, 0.15) is 33.1 Å². The molecule has 0 aromatic heterocycles. The summed E-state index contributed by atoms with van der Waals surface area (Å²) < 4.78 is 5.25. The van der Waals surface area contributed by atoms with E-state index >= 15 is 0 Å². The summed E-state index contributed by atoms with van der Waals surface area (Å²) in [6.45, 7) is 4.86. The smallest absolute Gasteiger partial charge is 0.323 e. The van der Waals surface area contributed by atoms with Crippen LogP contribution in [0.15, 0.2) is 0 Å². The van der Waals surface area contributed by atoms with Gasteiger partial charge in [-0.05, 0) is 32.6 Å². The number of nitrogens with zero attached hydrogens (tertiary/aromatic N) is 1. The molecule has 0 atom stereocenters. The Morgan fingerprint density at radius 2 is 1.86 bits per heavy atom. The zero-order valence-corrected chi connectivity index (χ0v) is 12.8. The molecule has 1 aliphatic rings. The van der Waals surface area contributed by atoms with Gasteiger partial charge in [-0.2, -0.15) is 0 Å². The van der Waals surface area contributed by atoms with E-state index in [1.165, 1.54) is 18.7 Å². The number of carboxylic acids is 1. The van der Waals surface area contributed by atoms with Crippen molar-refractivity contribution in [3.63, 3.8) is 0 Å². The maximum absolute atomic E-state index is 11.9. The summed E-state index contributed by atoms with van der Waals surface area (Å²) in [4.78, 5) is 36.0. The van der Waals surface area contributed by atoms with Gasteiger partial charge in [0.1, 0.15) is 0 Å². The highest BCUT2D eigenvalue weighted by Crippen LogP contribution is 2.20. The third-order valence-electron chi connectivity index (χ3n) is 3.65. The standard InChI is InChI=1S/C14H24N2O5/c1-14(2,12(18)19)8-11(17)15-13(20)16(3)9-10-4-6-21-7-5-10/h10H,4-9H2,1-3H3,(H,18,19)(H,15,17,20). The molecule has 0 saturated carbocycles. The molecule has 2 N–H and O–H groups in total. The van der Waals surface area contributed by atoms with Gasteiger partial charge in [-0.1, -0.05) is 0 Å². The Bertz CT molecular complexity index is 402. The van der Waals surface area contributed by atoms with Crippen molar-refractivity contribution >= 4 is 17.9 Å². The van der Waals surface area contributed by atoms with E-state index in [9.17, 15) is 14.4 Å². The molecule has 0 aliphatic carbocycles. The first-order chi connectivity index (χ1) is 9.72. The number of amides is 3. The van der Waals surface area contributed by atoms with E-state index in [2.05, 4.69) is 5.32 Å². The van der Waals surface area contributed by atoms with Gasteiger partial charge in [-0.25, -0.2) is 4.79 Å². The Balaban J connectivity index is 2.40. The number of hydrogen-bond donors (Lipinski definition) is 2. The van der Waals surface area contributed by atoms with Crippen LogP contribution in [0.4, 0.5) is 4.79 Å². The molecule has 0 radical (unpaired) electrons. The first kappa shape index (κ1) is 17.4. The predicted octanol–water partition coefficient (Wildman–Crippen LogP) is 1.08. The maximum atomic E-state index is 11.9. The fourth-order valence-electron chi connectivity index (χ4n) is 2.14. The number of urea groups is 1. The number of rotatable bonds is 5. The van der Waals surface area contributed by atoms with Crippen molar-refractivity contribution in [2.24, 2.45) is 11.3 Å². The first-order valence-corrected chi connectivity index (χ1v) is 7.08. The molecule has 1 heterocycles. The van der Waals surface area contributed by atoms with Crippen molar-refractivity contribution < 1.29 is 24.2 Å². The minimum atomic E-state index is -1.19. The molecule has 3 amide bonds. The van der Waals surface area contributed by atoms with Gasteiger partial charge < -0.3 is 14.7 Å². The Morgan fingerprint density at radius 1 is 1.29 bits per heavy atom. The van der Waals surface area contributed by atoms with Crippen LogP contribution in [0.25, 0.3) is 0 Å². The lowest BCUT2D eigenvalue weighted by molar-refractivity contribution is -0.149. The number of carbonyl (C=O) groups excluding carboxylic acids is 2. The highest BCUT2D eigenvalue weighted by molar-refractivity contribution is 5.96. The number of imide groups is 1. The van der Waals surface area contributed by atoms with E-state index in [0.29, 0.717) is 25.7 Å². The summed E-state index contributed by atoms with van der Waals surface area (Å²) in [5.41, 5.74) is -1.19. The van der Waals surface area contributed by atoms with E-state index in [-0.39, 0.29) is 6.42 Å². The number of aliphatic carboxylic acids is 1. The molecule has 0 aromatic carbocycles. The second-order valence-electron chi connectivity index (χ2n) is 6.16. The molecule has 21 heavy (non-hydrogen) atoms. The second kappa shape index (κ2) is 7.40. The van der Waals surface area contributed by atoms with Crippen molar-refractivity contribution in [3.8, 4) is 0 Å². The van der Waals surface area contributed by atoms with Crippen LogP contribution in [0.3, 0.4) is 0 Å². The molecule has 0 spiro atoms. The van der Waals surface area contributed by atoms with Crippen LogP contribution in [0, 0.1) is 11.3 Å². The van der Waals surface area contributed by atoms with Gasteiger partial charge in [0.25, 0.3) is 0 Å². The predicted molar refractivity (Wildman–Crippen MR) is 75.7 cm³/mol. The van der Waals surface area contributed by atoms with Crippen LogP contribution < -0.4 is 5.32 Å². The SMILES string of the molecule is CN(CC1CCOCC1)C(=O)NC(=O)CC(C)(C)C(=O)O. The van der Waals surface area contributed by atoms with Crippen LogP contribution in [-0.4, -0.2) is 54.7 Å². The molecular formula is C14H24N2O5. The van der Waals surface area contributed by atoms with Gasteiger partial charge in [0, 0.05) is 33.2 Å². The van der Waals surface area contributed by atoms with Crippen molar-refractivity contribution in [1.29, 1.82) is 0 Å². The van der Waals surface area contributed by atoms with E-state index in [1.807, 2.05) is 0 Å². The molecule has 120 valence electrons. The lowest BCUT2D eigenvalue weighted by atomic mass is 9.89. The van der Waals surface area contributed by atoms with Gasteiger partial charge in [-0.15, -0.1) is 0 Å². The van der Waals surface area contributed by atoms with E-state index in [4.69, 9.17) is 9.84 Å². The lowest BCUT2D eigenvalue weighted by Gasteiger charge is -2.27. The zero-order chi connectivity index (χ0) is 16.0. The molecule has 1 fully saturated rings. The van der Waals surface area contributed by atoms with Crippen LogP contribution in [-0.2, 0) is 14.3 Å². The maximum Gasteiger partial charge on any atom is 0.323 e. The Kier molecular flexibility index (Phi) is 6.14. The van der Waals surface area contributed by atoms with Gasteiger partial charge >= 0.3 is 12.0 Å². The number of nitrogens with one attached hydrogen (secondary N) is 1. The number of carbonyl (C=O) groups is 3. The van der Waals surface area contributed by atoms with E-state index < -0.39 is 23.3 Å². The summed E-state index contributed by atoms with van der Waals surface area (Å²) in [5, 5.41) is 11.2. The highest BCUT2D eigenvalue weighted by Gasteiger charge is 2.31. The third-order valence-corrected chi connectivity index (χ3v) is 3.65. The summed E-state index contributed by atoms with van der Waals surface area (Å²) in [6.07, 6.45) is 1.56. The molecule has 0 bridgehead atoms. The molecular weight excluding hydrogens is 276 g/mol. The van der Waals surface area contributed by atoms with Crippen molar-refractivity contribution in [2.45, 2.75) is 33.1 Å². The first-order valence-electron chi connectivity index (χ1n) is 7.08. The largest absolute Gasteiger partial charge is 0.481 e. The summed E-state index contributed by atoms with van der Waals surface area (Å²) >= 11 is 0. The monoisotopic (exact) mass is 300 g/mol. The summed E-state index contributed by atoms with van der Waals surface area (Å²) in [5.74, 6) is -1.27. The topological polar surface area (TPSA) is 95.9 Å². The number of hydrogen-bond acceptors (Lipinski definition) is 4. The van der Waals surface area contributed by atoms with Gasteiger partial charge in [0.15, 0.2) is 0 Å². The van der Waals surface area contributed by atoms with Crippen molar-refractivity contribution in [2.75, 3.05) is 26.8 Å². The van der Waals surface area contributed by atoms with E-state index in [1.54, 1.807) is 7.05 Å². The fraction of sp³-hybridized carbons (Fsp3) is 0.786. The highest BCUT2D eigenvalue weighted by atomic mass is 16.5. The molecule has 0 unspecified atom stereocenters. The molecule has 1 saturated heterocycles. The molecule has 7 heteroatoms. The number of ether oxygens (including phenoxy) is 1. The normalized spacial score (nSPS) is 16.3. The minimum absolute atomic E-state index is 0.237. The average molecular weight is 300 g/mol. The second-order valence-corrected chi connectivity index (χ2v) is 6.16. The van der Waals surface area contributed by atoms with Gasteiger partial charge in [0.05, 0.1) is 5.41 Å². The quantitative estimate of drug-likeness (QED) is 0.792. The molecule has 1 rings (SSSR count). The van der Waals surface area contributed by atoms with Crippen LogP contribution in [0.2, 0.25) is 0 Å². The third kappa shape index (κ3) is 5.71. The fourth-order valence-corrected chi connectivity index (χ4v) is 2.14. The lowest BCUT2D eigenvalue weighted by Crippen LogP contribution is -2.45. The Morgan fingerprint density at radius 3 is 2.38 bits per heavy atom. The summed E-state index contributed by atoms with van der Waals surface area (Å²) in [7, 11) is 1.63. The average Bonchev–Trinajstić information content (AvgIpc) is 2.38. The minimum Gasteiger partial charge on any atom is -0.481 e. The Hall–Kier alpha value is -1.63. The van der Waals surface area contributed by atoms with Crippen molar-refractivity contribution in [1.82, 2.24) is 10.2 Å². The summed E-state index contributed by atoms with van der Waals surface area (Å²) in [6, 6.07) is -0.493. The van der Waals surface area contributed by atoms with E-state index in [0.717, 1.165) is 12.8 Å². The molecule has 7 nitrogen and oxygen atoms in total. The van der Waals surface area contributed by atoms with Gasteiger partial charge in [0.2, 0.25) is 5.91 Å². The number of carboxylic acid groups (broad SMARTS) is 1. The van der Waals surface area contributed by atoms with Gasteiger partial charge in [-0.3, -0.25) is 14.9 Å².